The predicted octanol–water partition coefficient (Wildman–Crippen LogP) is 4.00. The molecule has 0 unspecified atom stereocenters. The van der Waals surface area contributed by atoms with E-state index in [1.807, 2.05) is 41.2 Å². The molecule has 5 heteroatoms. The molecule has 90 valence electrons. The molecule has 0 aliphatic carbocycles. The fourth-order valence-corrected chi connectivity index (χ4v) is 3.07. The minimum absolute atomic E-state index is 0.717. The molecular formula is C13H9Br2N3. The molecule has 0 atom stereocenters. The van der Waals surface area contributed by atoms with Gasteiger partial charge >= 0.3 is 0 Å². The first-order valence-electron chi connectivity index (χ1n) is 5.45. The van der Waals surface area contributed by atoms with Gasteiger partial charge in [-0.2, -0.15) is 5.10 Å². The first kappa shape index (κ1) is 11.9. The molecule has 3 rings (SSSR count). The Morgan fingerprint density at radius 1 is 1.11 bits per heavy atom. The van der Waals surface area contributed by atoms with Crippen LogP contribution >= 0.6 is 31.9 Å². The van der Waals surface area contributed by atoms with Crippen LogP contribution in [0.2, 0.25) is 0 Å². The van der Waals surface area contributed by atoms with Crippen molar-refractivity contribution < 1.29 is 0 Å². The van der Waals surface area contributed by atoms with E-state index in [-0.39, 0.29) is 0 Å². The summed E-state index contributed by atoms with van der Waals surface area (Å²) in [5.41, 5.74) is 2.22. The lowest BCUT2D eigenvalue weighted by Crippen LogP contribution is -2.02. The van der Waals surface area contributed by atoms with Crippen molar-refractivity contribution >= 4 is 42.8 Å². The van der Waals surface area contributed by atoms with Gasteiger partial charge in [-0.05, 0) is 49.6 Å². The van der Waals surface area contributed by atoms with E-state index in [0.717, 1.165) is 21.3 Å². The van der Waals surface area contributed by atoms with E-state index < -0.39 is 0 Å². The molecule has 0 spiro atoms. The molecule has 0 N–H and O–H groups in total. The third kappa shape index (κ3) is 2.20. The summed E-state index contributed by atoms with van der Waals surface area (Å²) in [6, 6.07) is 12.1. The largest absolute Gasteiger partial charge is 0.256 e. The van der Waals surface area contributed by atoms with Crippen LogP contribution in [0, 0.1) is 0 Å². The van der Waals surface area contributed by atoms with Crippen molar-refractivity contribution in [3.8, 4) is 0 Å². The number of hydrogen-bond acceptors (Lipinski definition) is 2. The second-order valence-electron chi connectivity index (χ2n) is 3.93. The van der Waals surface area contributed by atoms with Crippen LogP contribution < -0.4 is 0 Å². The highest BCUT2D eigenvalue weighted by molar-refractivity contribution is 9.11. The Bertz CT molecular complexity index is 701. The predicted molar refractivity (Wildman–Crippen MR) is 78.5 cm³/mol. The number of aromatic nitrogens is 3. The van der Waals surface area contributed by atoms with Crippen molar-refractivity contribution in [2.45, 2.75) is 6.54 Å². The van der Waals surface area contributed by atoms with Crippen LogP contribution in [-0.4, -0.2) is 14.8 Å². The second kappa shape index (κ2) is 4.82. The number of para-hydroxylation sites is 1. The average Bonchev–Trinajstić information content (AvgIpc) is 2.68. The Balaban J connectivity index is 2.07. The van der Waals surface area contributed by atoms with E-state index in [2.05, 4.69) is 48.0 Å². The maximum atomic E-state index is 4.38. The summed E-state index contributed by atoms with van der Waals surface area (Å²) in [5, 5.41) is 5.54. The fourth-order valence-electron chi connectivity index (χ4n) is 1.93. The highest BCUT2D eigenvalue weighted by atomic mass is 79.9. The van der Waals surface area contributed by atoms with Gasteiger partial charge in [0.2, 0.25) is 0 Å². The Morgan fingerprint density at radius 3 is 2.72 bits per heavy atom. The molecule has 18 heavy (non-hydrogen) atoms. The van der Waals surface area contributed by atoms with E-state index in [1.165, 1.54) is 10.9 Å². The summed E-state index contributed by atoms with van der Waals surface area (Å²) in [4.78, 5) is 4.36. The standard InChI is InChI=1S/C13H9Br2N3/c14-12-7-13(15)18(17-12)8-9-5-6-16-11-4-2-1-3-10(9)11/h1-7H,8H2. The van der Waals surface area contributed by atoms with E-state index in [4.69, 9.17) is 0 Å². The zero-order chi connectivity index (χ0) is 12.5. The number of fused-ring (bicyclic) bond motifs is 1. The Hall–Kier alpha value is -1.20. The van der Waals surface area contributed by atoms with Gasteiger partial charge in [-0.1, -0.05) is 18.2 Å². The van der Waals surface area contributed by atoms with E-state index >= 15 is 0 Å². The molecule has 3 aromatic rings. The smallest absolute Gasteiger partial charge is 0.129 e. The lowest BCUT2D eigenvalue weighted by molar-refractivity contribution is 0.670. The molecule has 0 bridgehead atoms. The van der Waals surface area contributed by atoms with Crippen molar-refractivity contribution in [1.29, 1.82) is 0 Å². The zero-order valence-electron chi connectivity index (χ0n) is 9.35. The molecule has 2 heterocycles. The van der Waals surface area contributed by atoms with Crippen molar-refractivity contribution in [3.05, 3.63) is 57.4 Å². The van der Waals surface area contributed by atoms with Crippen molar-refractivity contribution in [1.82, 2.24) is 14.8 Å². The monoisotopic (exact) mass is 365 g/mol. The topological polar surface area (TPSA) is 30.7 Å². The minimum atomic E-state index is 0.717. The van der Waals surface area contributed by atoms with Crippen LogP contribution in [0.3, 0.4) is 0 Å². The Kier molecular flexibility index (Phi) is 3.18. The van der Waals surface area contributed by atoms with Gasteiger partial charge in [-0.15, -0.1) is 0 Å². The summed E-state index contributed by atoms with van der Waals surface area (Å²) < 4.78 is 3.69. The summed E-state index contributed by atoms with van der Waals surface area (Å²) in [6.45, 7) is 0.717. The van der Waals surface area contributed by atoms with Crippen LogP contribution in [0.1, 0.15) is 5.56 Å². The van der Waals surface area contributed by atoms with Crippen molar-refractivity contribution in [3.63, 3.8) is 0 Å². The first-order chi connectivity index (χ1) is 8.74. The third-order valence-corrected chi connectivity index (χ3v) is 3.79. The van der Waals surface area contributed by atoms with Gasteiger partial charge in [-0.3, -0.25) is 9.67 Å². The van der Waals surface area contributed by atoms with Crippen LogP contribution in [0.4, 0.5) is 0 Å². The number of rotatable bonds is 2. The van der Waals surface area contributed by atoms with Gasteiger partial charge < -0.3 is 0 Å². The summed E-state index contributed by atoms with van der Waals surface area (Å²) in [6.07, 6.45) is 1.84. The van der Waals surface area contributed by atoms with Crippen LogP contribution in [-0.2, 0) is 6.54 Å². The first-order valence-corrected chi connectivity index (χ1v) is 7.04. The number of nitrogens with zero attached hydrogens (tertiary/aromatic N) is 3. The van der Waals surface area contributed by atoms with Gasteiger partial charge in [-0.25, -0.2) is 0 Å². The molecule has 2 aromatic heterocycles. The molecule has 0 fully saturated rings. The van der Waals surface area contributed by atoms with Gasteiger partial charge in [0.05, 0.1) is 12.1 Å². The number of benzene rings is 1. The van der Waals surface area contributed by atoms with E-state index in [1.54, 1.807) is 0 Å². The summed E-state index contributed by atoms with van der Waals surface area (Å²) in [5.74, 6) is 0. The second-order valence-corrected chi connectivity index (χ2v) is 5.56. The molecule has 0 radical (unpaired) electrons. The van der Waals surface area contributed by atoms with Crippen molar-refractivity contribution in [2.24, 2.45) is 0 Å². The Morgan fingerprint density at radius 2 is 1.94 bits per heavy atom. The van der Waals surface area contributed by atoms with Gasteiger partial charge in [0, 0.05) is 17.6 Å². The molecule has 0 aliphatic rings. The molecule has 0 saturated heterocycles. The highest BCUT2D eigenvalue weighted by Gasteiger charge is 2.06. The molecule has 3 nitrogen and oxygen atoms in total. The average molecular weight is 367 g/mol. The van der Waals surface area contributed by atoms with Gasteiger partial charge in [0.1, 0.15) is 9.21 Å². The molecule has 0 aliphatic heterocycles. The Labute approximate surface area is 121 Å². The van der Waals surface area contributed by atoms with Crippen LogP contribution in [0.5, 0.6) is 0 Å². The van der Waals surface area contributed by atoms with Gasteiger partial charge in [0.15, 0.2) is 0 Å². The normalized spacial score (nSPS) is 11.0. The van der Waals surface area contributed by atoms with Crippen molar-refractivity contribution in [2.75, 3.05) is 0 Å². The lowest BCUT2D eigenvalue weighted by atomic mass is 10.1. The molecule has 0 amide bonds. The third-order valence-electron chi connectivity index (χ3n) is 2.76. The van der Waals surface area contributed by atoms with Crippen LogP contribution in [0.15, 0.2) is 51.8 Å². The van der Waals surface area contributed by atoms with E-state index in [9.17, 15) is 0 Å². The number of pyridine rings is 1. The summed E-state index contributed by atoms with van der Waals surface area (Å²) in [7, 11) is 0. The minimum Gasteiger partial charge on any atom is -0.256 e. The molecule has 1 aromatic carbocycles. The quantitative estimate of drug-likeness (QED) is 0.686. The van der Waals surface area contributed by atoms with E-state index in [0.29, 0.717) is 0 Å². The maximum absolute atomic E-state index is 4.38. The zero-order valence-corrected chi connectivity index (χ0v) is 12.5. The summed E-state index contributed by atoms with van der Waals surface area (Å²) >= 11 is 6.87. The SMILES string of the molecule is Brc1cc(Br)n(Cc2ccnc3ccccc23)n1. The number of hydrogen-bond donors (Lipinski definition) is 0. The molecular weight excluding hydrogens is 358 g/mol. The molecule has 0 saturated carbocycles. The fraction of sp³-hybridized carbons (Fsp3) is 0.0769. The van der Waals surface area contributed by atoms with Crippen LogP contribution in [0.25, 0.3) is 10.9 Å². The van der Waals surface area contributed by atoms with Gasteiger partial charge in [0.25, 0.3) is 0 Å². The number of halogens is 2. The maximum Gasteiger partial charge on any atom is 0.129 e. The highest BCUT2D eigenvalue weighted by Crippen LogP contribution is 2.21. The lowest BCUT2D eigenvalue weighted by Gasteiger charge is -2.07.